The van der Waals surface area contributed by atoms with Crippen LogP contribution in [0.3, 0.4) is 0 Å². The molecule has 0 unspecified atom stereocenters. The van der Waals surface area contributed by atoms with Crippen molar-refractivity contribution < 1.29 is 0 Å². The Balaban J connectivity index is 3.00. The zero-order chi connectivity index (χ0) is 7.82. The van der Waals surface area contributed by atoms with E-state index in [1.54, 1.807) is 0 Å². The van der Waals surface area contributed by atoms with Crippen LogP contribution in [0.5, 0.6) is 0 Å². The lowest BCUT2D eigenvalue weighted by molar-refractivity contribution is 0.601. The minimum absolute atomic E-state index is 1.11. The summed E-state index contributed by atoms with van der Waals surface area (Å²) in [5, 5.41) is 0. The van der Waals surface area contributed by atoms with Crippen LogP contribution in [0.1, 0.15) is 52.4 Å². The van der Waals surface area contributed by atoms with Gasteiger partial charge in [-0.2, -0.15) is 0 Å². The Bertz CT molecular complexity index is 53.7. The maximum Gasteiger partial charge on any atom is 0.216 e. The van der Waals surface area contributed by atoms with Gasteiger partial charge >= 0.3 is 0 Å². The molecule has 10 heavy (non-hydrogen) atoms. The van der Waals surface area contributed by atoms with Crippen LogP contribution in [0.15, 0.2) is 0 Å². The molecule has 0 aliphatic heterocycles. The highest BCUT2D eigenvalue weighted by molar-refractivity contribution is 6.11. The summed E-state index contributed by atoms with van der Waals surface area (Å²) < 4.78 is 1.11. The molecule has 1 heteroatoms. The smallest absolute Gasteiger partial charge is 0.0901 e. The third-order valence-electron chi connectivity index (χ3n) is 2.10. The Morgan fingerprint density at radius 2 is 1.40 bits per heavy atom. The summed E-state index contributed by atoms with van der Waals surface area (Å²) >= 11 is 1.42. The lowest BCUT2D eigenvalue weighted by atomic mass is 10.1. The fraction of sp³-hybridized carbons (Fsp3) is 1.00. The van der Waals surface area contributed by atoms with Gasteiger partial charge in [0.25, 0.3) is 0 Å². The van der Waals surface area contributed by atoms with Crippen molar-refractivity contribution >= 4 is 16.3 Å². The molecule has 0 nitrogen and oxygen atoms in total. The Morgan fingerprint density at radius 1 is 1.00 bits per heavy atom. The van der Waals surface area contributed by atoms with Crippen LogP contribution in [0.25, 0.3) is 0 Å². The van der Waals surface area contributed by atoms with Crippen LogP contribution in [0.2, 0.25) is 4.78 Å². The van der Waals surface area contributed by atoms with E-state index in [1.807, 2.05) is 0 Å². The molecule has 0 fully saturated rings. The van der Waals surface area contributed by atoms with E-state index in [4.69, 9.17) is 0 Å². The number of hydrogen-bond donors (Lipinski definition) is 0. The summed E-state index contributed by atoms with van der Waals surface area (Å²) in [4.78, 5) is 0. The largest absolute Gasteiger partial charge is 0.216 e. The highest BCUT2D eigenvalue weighted by Gasteiger charge is 1.99. The first kappa shape index (κ1) is 10.5. The van der Waals surface area contributed by atoms with Gasteiger partial charge in [0.15, 0.2) is 0 Å². The van der Waals surface area contributed by atoms with Gasteiger partial charge in [0.1, 0.15) is 0 Å². The first-order chi connectivity index (χ1) is 4.81. The minimum atomic E-state index is 1.11. The highest BCUT2D eigenvalue weighted by Crippen LogP contribution is 2.17. The fourth-order valence-corrected chi connectivity index (χ4v) is 2.07. The average molecular weight is 156 g/mol. The van der Waals surface area contributed by atoms with Crippen molar-refractivity contribution in [3.05, 3.63) is 0 Å². The average Bonchev–Trinajstić information content (AvgIpc) is 1.97. The lowest BCUT2D eigenvalue weighted by Crippen LogP contribution is -1.91. The molecule has 0 aromatic carbocycles. The number of unbranched alkanes of at least 4 members (excludes halogenated alkanes) is 2. The minimum Gasteiger partial charge on any atom is -0.0901 e. The second kappa shape index (κ2) is 7.64. The lowest BCUT2D eigenvalue weighted by Gasteiger charge is -2.08. The topological polar surface area (TPSA) is 0 Å². The number of rotatable bonds is 6. The molecule has 0 N–H and O–H groups in total. The van der Waals surface area contributed by atoms with Crippen LogP contribution in [-0.4, -0.2) is 16.3 Å². The summed E-state index contributed by atoms with van der Waals surface area (Å²) in [7, 11) is 0. The molecule has 0 aromatic rings. The van der Waals surface area contributed by atoms with E-state index in [-0.39, 0.29) is 0 Å². The molecule has 0 saturated carbocycles. The van der Waals surface area contributed by atoms with Crippen LogP contribution in [0.4, 0.5) is 0 Å². The van der Waals surface area contributed by atoms with E-state index in [1.165, 1.54) is 54.8 Å². The third-order valence-corrected chi connectivity index (χ3v) is 3.26. The molecule has 0 aliphatic carbocycles. The van der Waals surface area contributed by atoms with Crippen molar-refractivity contribution in [2.45, 2.75) is 57.2 Å². The highest BCUT2D eigenvalue weighted by atomic mass is 27.0. The normalized spacial score (nSPS) is 10.7. The molecule has 60 valence electrons. The van der Waals surface area contributed by atoms with Crippen molar-refractivity contribution in [3.63, 3.8) is 0 Å². The predicted molar refractivity (Wildman–Crippen MR) is 51.3 cm³/mol. The first-order valence-electron chi connectivity index (χ1n) is 4.81. The zero-order valence-corrected chi connectivity index (χ0v) is 9.82. The molecule has 0 radical (unpaired) electrons. The van der Waals surface area contributed by atoms with Crippen LogP contribution >= 0.6 is 0 Å². The molecule has 0 bridgehead atoms. The van der Waals surface area contributed by atoms with Gasteiger partial charge in [-0.25, -0.2) is 0 Å². The summed E-state index contributed by atoms with van der Waals surface area (Å²) in [6.45, 7) is 4.57. The summed E-state index contributed by atoms with van der Waals surface area (Å²) in [6, 6.07) is 0. The predicted octanol–water partition coefficient (Wildman–Crippen LogP) is 2.79. The number of hydrogen-bond acceptors (Lipinski definition) is 0. The molecular formula is C9H21Al. The monoisotopic (exact) mass is 156 g/mol. The molecule has 0 aliphatic rings. The van der Waals surface area contributed by atoms with E-state index < -0.39 is 0 Å². The van der Waals surface area contributed by atoms with E-state index in [0.717, 1.165) is 4.78 Å². The van der Waals surface area contributed by atoms with Gasteiger partial charge in [0.05, 0.1) is 0 Å². The van der Waals surface area contributed by atoms with Crippen molar-refractivity contribution in [1.82, 2.24) is 0 Å². The SMILES string of the molecule is CCCC[CH]([AlH2])CCCC. The first-order valence-corrected chi connectivity index (χ1v) is 5.96. The van der Waals surface area contributed by atoms with Gasteiger partial charge in [-0.15, -0.1) is 0 Å². The molecular weight excluding hydrogens is 135 g/mol. The van der Waals surface area contributed by atoms with Gasteiger partial charge in [-0.05, 0) is 0 Å². The Morgan fingerprint density at radius 3 is 1.70 bits per heavy atom. The Kier molecular flexibility index (Phi) is 8.04. The van der Waals surface area contributed by atoms with E-state index >= 15 is 0 Å². The molecule has 0 spiro atoms. The summed E-state index contributed by atoms with van der Waals surface area (Å²) in [5.74, 6) is 0. The molecule has 0 rings (SSSR count). The van der Waals surface area contributed by atoms with Crippen molar-refractivity contribution in [2.24, 2.45) is 0 Å². The van der Waals surface area contributed by atoms with Crippen LogP contribution in [-0.2, 0) is 0 Å². The van der Waals surface area contributed by atoms with Gasteiger partial charge in [0, 0.05) is 0 Å². The van der Waals surface area contributed by atoms with Gasteiger partial charge < -0.3 is 0 Å². The van der Waals surface area contributed by atoms with E-state index in [9.17, 15) is 0 Å². The van der Waals surface area contributed by atoms with E-state index in [2.05, 4.69) is 13.8 Å². The fourth-order valence-electron chi connectivity index (χ4n) is 1.25. The van der Waals surface area contributed by atoms with Gasteiger partial charge in [0.2, 0.25) is 16.3 Å². The molecule has 0 amide bonds. The maximum atomic E-state index is 2.29. The van der Waals surface area contributed by atoms with Crippen LogP contribution < -0.4 is 0 Å². The molecule has 0 atom stereocenters. The van der Waals surface area contributed by atoms with Crippen molar-refractivity contribution in [2.75, 3.05) is 0 Å². The quantitative estimate of drug-likeness (QED) is 0.519. The van der Waals surface area contributed by atoms with Gasteiger partial charge in [-0.1, -0.05) is 57.2 Å². The Hall–Kier alpha value is 0.532. The van der Waals surface area contributed by atoms with Gasteiger partial charge in [-0.3, -0.25) is 0 Å². The zero-order valence-electron chi connectivity index (χ0n) is 7.82. The van der Waals surface area contributed by atoms with Crippen molar-refractivity contribution in [1.29, 1.82) is 0 Å². The maximum absolute atomic E-state index is 2.29. The van der Waals surface area contributed by atoms with Crippen LogP contribution in [0, 0.1) is 0 Å². The Labute approximate surface area is 73.8 Å². The standard InChI is InChI=1S/C9H19.Al.2H/c1-3-5-7-9-8-6-4-2;;;/h9H,3-8H2,1-2H3;;;. The summed E-state index contributed by atoms with van der Waals surface area (Å²) in [6.07, 6.45) is 8.68. The van der Waals surface area contributed by atoms with E-state index in [0.29, 0.717) is 0 Å². The second-order valence-electron chi connectivity index (χ2n) is 3.39. The van der Waals surface area contributed by atoms with Crippen molar-refractivity contribution in [3.8, 4) is 0 Å². The molecule has 0 aromatic heterocycles. The molecule has 0 saturated heterocycles. The summed E-state index contributed by atoms with van der Waals surface area (Å²) in [5.41, 5.74) is 0. The third kappa shape index (κ3) is 6.65. The molecule has 0 heterocycles. The second-order valence-corrected chi connectivity index (χ2v) is 5.02.